The minimum Gasteiger partial charge on any atom is -0.397 e. The summed E-state index contributed by atoms with van der Waals surface area (Å²) >= 11 is 0. The van der Waals surface area contributed by atoms with Gasteiger partial charge in [0.15, 0.2) is 0 Å². The van der Waals surface area contributed by atoms with E-state index in [1.165, 1.54) is 0 Å². The van der Waals surface area contributed by atoms with Gasteiger partial charge in [0, 0.05) is 19.2 Å². The number of benzene rings is 1. The van der Waals surface area contributed by atoms with Crippen molar-refractivity contribution < 1.29 is 9.53 Å². The molecule has 0 aliphatic carbocycles. The molecule has 5 nitrogen and oxygen atoms in total. The second-order valence-electron chi connectivity index (χ2n) is 4.48. The first-order chi connectivity index (χ1) is 8.41. The van der Waals surface area contributed by atoms with Gasteiger partial charge in [-0.15, -0.1) is 0 Å². The van der Waals surface area contributed by atoms with Crippen molar-refractivity contribution in [2.75, 3.05) is 30.8 Å². The normalized spacial score (nSPS) is 10.7. The maximum Gasteiger partial charge on any atom is 0.248 e. The van der Waals surface area contributed by atoms with Crippen LogP contribution in [0.1, 0.15) is 24.2 Å². The summed E-state index contributed by atoms with van der Waals surface area (Å²) in [5.74, 6) is -0.473. The highest BCUT2D eigenvalue weighted by Gasteiger charge is 2.08. The number of amides is 1. The topological polar surface area (TPSA) is 81.6 Å². The van der Waals surface area contributed by atoms with Crippen molar-refractivity contribution in [3.8, 4) is 0 Å². The summed E-state index contributed by atoms with van der Waals surface area (Å²) in [6.07, 6.45) is 0.216. The monoisotopic (exact) mass is 251 g/mol. The van der Waals surface area contributed by atoms with Gasteiger partial charge in [0.25, 0.3) is 0 Å². The Morgan fingerprint density at radius 1 is 1.44 bits per heavy atom. The minimum atomic E-state index is -0.473. The Bertz CT molecular complexity index is 419. The number of nitrogens with zero attached hydrogens (tertiary/aromatic N) is 1. The number of hydrogen-bond donors (Lipinski definition) is 2. The van der Waals surface area contributed by atoms with Crippen molar-refractivity contribution in [3.63, 3.8) is 0 Å². The Balaban J connectivity index is 2.68. The van der Waals surface area contributed by atoms with Gasteiger partial charge in [-0.2, -0.15) is 0 Å². The number of nitrogens with two attached hydrogens (primary N) is 2. The van der Waals surface area contributed by atoms with Gasteiger partial charge in [-0.3, -0.25) is 4.79 Å². The average Bonchev–Trinajstić information content (AvgIpc) is 2.27. The Hall–Kier alpha value is -1.75. The molecule has 1 amide bonds. The summed E-state index contributed by atoms with van der Waals surface area (Å²) in [5, 5.41) is 0. The van der Waals surface area contributed by atoms with E-state index in [-0.39, 0.29) is 6.10 Å². The fraction of sp³-hybridized carbons (Fsp3) is 0.462. The number of hydrogen-bond acceptors (Lipinski definition) is 4. The molecular formula is C13H21N3O2. The molecule has 0 heterocycles. The molecule has 0 aliphatic rings. The third-order valence-corrected chi connectivity index (χ3v) is 2.60. The zero-order valence-electron chi connectivity index (χ0n) is 11.1. The first kappa shape index (κ1) is 14.3. The second kappa shape index (κ2) is 6.26. The Labute approximate surface area is 108 Å². The molecule has 1 aromatic rings. The van der Waals surface area contributed by atoms with Crippen molar-refractivity contribution >= 4 is 17.3 Å². The van der Waals surface area contributed by atoms with Crippen molar-refractivity contribution in [1.29, 1.82) is 0 Å². The van der Waals surface area contributed by atoms with Crippen LogP contribution in [-0.2, 0) is 4.74 Å². The fourth-order valence-corrected chi connectivity index (χ4v) is 1.60. The van der Waals surface area contributed by atoms with Gasteiger partial charge in [-0.1, -0.05) is 0 Å². The highest BCUT2D eigenvalue weighted by Crippen LogP contribution is 2.23. The lowest BCUT2D eigenvalue weighted by Gasteiger charge is -2.22. The minimum absolute atomic E-state index is 0.216. The number of primary amides is 1. The predicted octanol–water partition coefficient (Wildman–Crippen LogP) is 1.23. The molecule has 5 heteroatoms. The Morgan fingerprint density at radius 3 is 2.61 bits per heavy atom. The molecule has 0 bridgehead atoms. The SMILES string of the molecule is CC(C)OCCN(C)c1ccc(C(N)=O)cc1N. The second-order valence-corrected chi connectivity index (χ2v) is 4.48. The van der Waals surface area contributed by atoms with Crippen LogP contribution in [-0.4, -0.2) is 32.2 Å². The lowest BCUT2D eigenvalue weighted by Crippen LogP contribution is -2.25. The highest BCUT2D eigenvalue weighted by atomic mass is 16.5. The molecule has 1 aromatic carbocycles. The number of carbonyl (C=O) groups excluding carboxylic acids is 1. The van der Waals surface area contributed by atoms with Crippen LogP contribution in [0.2, 0.25) is 0 Å². The van der Waals surface area contributed by atoms with Gasteiger partial charge in [0.1, 0.15) is 0 Å². The van der Waals surface area contributed by atoms with Crippen LogP contribution in [0.4, 0.5) is 11.4 Å². The van der Waals surface area contributed by atoms with E-state index in [4.69, 9.17) is 16.2 Å². The molecule has 0 spiro atoms. The van der Waals surface area contributed by atoms with Gasteiger partial charge in [-0.25, -0.2) is 0 Å². The summed E-state index contributed by atoms with van der Waals surface area (Å²) in [7, 11) is 1.93. The summed E-state index contributed by atoms with van der Waals surface area (Å²) < 4.78 is 5.48. The lowest BCUT2D eigenvalue weighted by molar-refractivity contribution is 0.0846. The number of nitrogen functional groups attached to an aromatic ring is 1. The zero-order valence-corrected chi connectivity index (χ0v) is 11.1. The van der Waals surface area contributed by atoms with E-state index in [0.717, 1.165) is 12.2 Å². The van der Waals surface area contributed by atoms with Crippen LogP contribution in [0.25, 0.3) is 0 Å². The fourth-order valence-electron chi connectivity index (χ4n) is 1.60. The van der Waals surface area contributed by atoms with Gasteiger partial charge < -0.3 is 21.1 Å². The first-order valence-electron chi connectivity index (χ1n) is 5.94. The average molecular weight is 251 g/mol. The quantitative estimate of drug-likeness (QED) is 0.745. The molecule has 0 unspecified atom stereocenters. The third-order valence-electron chi connectivity index (χ3n) is 2.60. The highest BCUT2D eigenvalue weighted by molar-refractivity contribution is 5.94. The molecule has 1 rings (SSSR count). The Kier molecular flexibility index (Phi) is 4.97. The number of ether oxygens (including phenoxy) is 1. The zero-order chi connectivity index (χ0) is 13.7. The van der Waals surface area contributed by atoms with Crippen LogP contribution < -0.4 is 16.4 Å². The van der Waals surface area contributed by atoms with E-state index in [2.05, 4.69) is 0 Å². The first-order valence-corrected chi connectivity index (χ1v) is 5.94. The van der Waals surface area contributed by atoms with Crippen LogP contribution in [0, 0.1) is 0 Å². The predicted molar refractivity (Wildman–Crippen MR) is 73.7 cm³/mol. The van der Waals surface area contributed by atoms with E-state index in [1.807, 2.05) is 25.8 Å². The smallest absolute Gasteiger partial charge is 0.248 e. The van der Waals surface area contributed by atoms with Crippen LogP contribution >= 0.6 is 0 Å². The van der Waals surface area contributed by atoms with E-state index in [9.17, 15) is 4.79 Å². The number of carbonyl (C=O) groups is 1. The molecule has 0 saturated heterocycles. The van der Waals surface area contributed by atoms with Gasteiger partial charge >= 0.3 is 0 Å². The van der Waals surface area contributed by atoms with Crippen molar-refractivity contribution in [2.24, 2.45) is 5.73 Å². The molecule has 0 aromatic heterocycles. The number of likely N-dealkylation sites (N-methyl/N-ethyl adjacent to an activating group) is 1. The van der Waals surface area contributed by atoms with Crippen LogP contribution in [0.3, 0.4) is 0 Å². The largest absolute Gasteiger partial charge is 0.397 e. The number of rotatable bonds is 6. The van der Waals surface area contributed by atoms with Crippen molar-refractivity contribution in [2.45, 2.75) is 20.0 Å². The molecule has 0 saturated carbocycles. The van der Waals surface area contributed by atoms with Gasteiger partial charge in [0.2, 0.25) is 5.91 Å². The number of anilines is 2. The standard InChI is InChI=1S/C13H21N3O2/c1-9(2)18-7-6-16(3)12-5-4-10(13(15)17)8-11(12)14/h4-5,8-9H,6-7,14H2,1-3H3,(H2,15,17). The maximum absolute atomic E-state index is 11.0. The molecule has 4 N–H and O–H groups in total. The lowest BCUT2D eigenvalue weighted by atomic mass is 10.1. The summed E-state index contributed by atoms with van der Waals surface area (Å²) in [5.41, 5.74) is 12.9. The van der Waals surface area contributed by atoms with Gasteiger partial charge in [-0.05, 0) is 32.0 Å². The van der Waals surface area contributed by atoms with Crippen LogP contribution in [0.5, 0.6) is 0 Å². The molecule has 0 fully saturated rings. The molecule has 0 atom stereocenters. The molecule has 0 radical (unpaired) electrons. The summed E-state index contributed by atoms with van der Waals surface area (Å²) in [4.78, 5) is 13.0. The van der Waals surface area contributed by atoms with Crippen molar-refractivity contribution in [1.82, 2.24) is 0 Å². The van der Waals surface area contributed by atoms with E-state index in [0.29, 0.717) is 17.9 Å². The summed E-state index contributed by atoms with van der Waals surface area (Å²) in [6.45, 7) is 5.36. The Morgan fingerprint density at radius 2 is 2.11 bits per heavy atom. The maximum atomic E-state index is 11.0. The van der Waals surface area contributed by atoms with Gasteiger partial charge in [0.05, 0.1) is 24.1 Å². The van der Waals surface area contributed by atoms with E-state index in [1.54, 1.807) is 18.2 Å². The van der Waals surface area contributed by atoms with E-state index < -0.39 is 5.91 Å². The third kappa shape index (κ3) is 3.92. The van der Waals surface area contributed by atoms with Crippen molar-refractivity contribution in [3.05, 3.63) is 23.8 Å². The molecule has 100 valence electrons. The van der Waals surface area contributed by atoms with Crippen LogP contribution in [0.15, 0.2) is 18.2 Å². The van der Waals surface area contributed by atoms with E-state index >= 15 is 0 Å². The molecular weight excluding hydrogens is 230 g/mol. The molecule has 0 aliphatic heterocycles. The summed E-state index contributed by atoms with van der Waals surface area (Å²) in [6, 6.07) is 5.07. The molecule has 18 heavy (non-hydrogen) atoms.